The molecule has 0 unspecified atom stereocenters. The predicted molar refractivity (Wildman–Crippen MR) is 165 cm³/mol. The third-order valence-electron chi connectivity index (χ3n) is 9.90. The van der Waals surface area contributed by atoms with Gasteiger partial charge in [-0.2, -0.15) is 8.78 Å². The summed E-state index contributed by atoms with van der Waals surface area (Å²) in [5.74, 6) is -1.83. The Hall–Kier alpha value is -3.23. The largest absolute Gasteiger partial charge is 0.573 e. The molecular weight excluding hydrogens is 609 g/mol. The monoisotopic (exact) mass is 650 g/mol. The fourth-order valence-corrected chi connectivity index (χ4v) is 7.32. The first-order valence-corrected chi connectivity index (χ1v) is 16.4. The molecule has 0 spiro atoms. The average Bonchev–Trinajstić information content (AvgIpc) is 3.02. The van der Waals surface area contributed by atoms with Crippen LogP contribution in [0.4, 0.5) is 30.7 Å². The zero-order valence-corrected chi connectivity index (χ0v) is 26.0. The molecule has 0 amide bonds. The highest BCUT2D eigenvalue weighted by molar-refractivity contribution is 5.71. The zero-order valence-electron chi connectivity index (χ0n) is 26.0. The third-order valence-corrected chi connectivity index (χ3v) is 9.90. The molecule has 0 bridgehead atoms. The fraction of sp³-hybridized carbons (Fsp3) is 0.514. The van der Waals surface area contributed by atoms with E-state index >= 15 is 8.78 Å². The molecule has 0 aromatic heterocycles. The van der Waals surface area contributed by atoms with Crippen molar-refractivity contribution in [3.05, 3.63) is 72.3 Å². The topological polar surface area (TPSA) is 18.5 Å². The summed E-state index contributed by atoms with van der Waals surface area (Å²) in [5.41, 5.74) is 0.985. The van der Waals surface area contributed by atoms with Gasteiger partial charge in [-0.05, 0) is 103 Å². The van der Waals surface area contributed by atoms with Gasteiger partial charge in [-0.25, -0.2) is 8.78 Å². The molecule has 46 heavy (non-hydrogen) atoms. The molecule has 3 aromatic rings. The van der Waals surface area contributed by atoms with Crippen molar-refractivity contribution in [2.75, 3.05) is 0 Å². The van der Waals surface area contributed by atoms with Crippen LogP contribution in [-0.4, -0.2) is 12.5 Å². The van der Waals surface area contributed by atoms with Crippen LogP contribution in [0.2, 0.25) is 0 Å². The number of benzene rings is 3. The van der Waals surface area contributed by atoms with Gasteiger partial charge in [-0.1, -0.05) is 75.8 Å². The third kappa shape index (κ3) is 8.77. The summed E-state index contributed by atoms with van der Waals surface area (Å²) in [4.78, 5) is 0. The van der Waals surface area contributed by atoms with Gasteiger partial charge in [-0.15, -0.1) is 13.2 Å². The Balaban J connectivity index is 1.14. The predicted octanol–water partition coefficient (Wildman–Crippen LogP) is 12.4. The Morgan fingerprint density at radius 3 is 1.80 bits per heavy atom. The molecule has 2 aliphatic carbocycles. The van der Waals surface area contributed by atoms with Gasteiger partial charge in [0.1, 0.15) is 11.6 Å². The zero-order chi connectivity index (χ0) is 32.9. The molecule has 2 fully saturated rings. The van der Waals surface area contributed by atoms with E-state index in [-0.39, 0.29) is 16.9 Å². The lowest BCUT2D eigenvalue weighted by Crippen LogP contribution is -2.38. The molecular formula is C37H41F7O2. The number of hydrogen-bond acceptors (Lipinski definition) is 2. The summed E-state index contributed by atoms with van der Waals surface area (Å²) in [7, 11) is 0. The molecule has 0 saturated heterocycles. The van der Waals surface area contributed by atoms with Crippen molar-refractivity contribution >= 4 is 0 Å². The first-order valence-electron chi connectivity index (χ1n) is 16.4. The van der Waals surface area contributed by atoms with E-state index < -0.39 is 35.8 Å². The molecule has 3 aromatic carbocycles. The molecule has 9 heteroatoms. The first kappa shape index (κ1) is 34.1. The van der Waals surface area contributed by atoms with Crippen LogP contribution in [0.1, 0.15) is 84.0 Å². The summed E-state index contributed by atoms with van der Waals surface area (Å²) in [6.45, 7) is 2.23. The van der Waals surface area contributed by atoms with Gasteiger partial charge in [0, 0.05) is 5.56 Å². The number of unbranched alkanes of at least 4 members (excludes halogenated alkanes) is 2. The van der Waals surface area contributed by atoms with E-state index in [1.165, 1.54) is 75.6 Å². The first-order chi connectivity index (χ1) is 21.9. The number of rotatable bonds is 11. The van der Waals surface area contributed by atoms with Crippen LogP contribution >= 0.6 is 0 Å². The number of alkyl halides is 5. The van der Waals surface area contributed by atoms with Crippen LogP contribution in [0.5, 0.6) is 11.5 Å². The highest BCUT2D eigenvalue weighted by Crippen LogP contribution is 2.46. The van der Waals surface area contributed by atoms with Gasteiger partial charge in [0.2, 0.25) is 0 Å². The van der Waals surface area contributed by atoms with E-state index in [2.05, 4.69) is 11.7 Å². The molecule has 5 rings (SSSR count). The van der Waals surface area contributed by atoms with Gasteiger partial charge in [0.25, 0.3) is 0 Å². The van der Waals surface area contributed by atoms with E-state index in [9.17, 15) is 22.0 Å². The Labute approximate surface area is 266 Å². The molecule has 2 saturated carbocycles. The fourth-order valence-electron chi connectivity index (χ4n) is 7.32. The van der Waals surface area contributed by atoms with Crippen LogP contribution in [0, 0.1) is 35.3 Å². The van der Waals surface area contributed by atoms with Crippen LogP contribution in [0.15, 0.2) is 60.7 Å². The smallest absolute Gasteiger partial charge is 0.432 e. The van der Waals surface area contributed by atoms with Crippen LogP contribution in [0.3, 0.4) is 0 Å². The van der Waals surface area contributed by atoms with E-state index in [0.717, 1.165) is 37.0 Å². The number of halogens is 7. The standard InChI is InChI=1S/C37H41F7O2/c1-2-3-4-5-24-6-8-25(9-7-24)26-10-16-30(17-11-26)36(40,41)45-31-18-12-27(13-19-31)28-14-20-32(33(38)22-28)29-15-21-35(34(39)23-29)46-37(42,43)44/h12-15,18-26,30H,2-11,16-17H2,1H3. The number of hydrogen-bond donors (Lipinski definition) is 0. The molecule has 0 aliphatic heterocycles. The molecule has 0 radical (unpaired) electrons. The molecule has 2 aliphatic rings. The number of ether oxygens (including phenoxy) is 2. The SMILES string of the molecule is CCCCCC1CCC(C2CCC(C(F)(F)Oc3ccc(-c4ccc(-c5ccc(OC(F)(F)F)c(F)c5)c(F)c4)cc3)CC2)CC1. The van der Waals surface area contributed by atoms with Gasteiger partial charge < -0.3 is 9.47 Å². The van der Waals surface area contributed by atoms with Gasteiger partial charge in [0.15, 0.2) is 11.6 Å². The Morgan fingerprint density at radius 1 is 0.630 bits per heavy atom. The molecule has 2 nitrogen and oxygen atoms in total. The second-order valence-electron chi connectivity index (χ2n) is 13.0. The van der Waals surface area contributed by atoms with Crippen molar-refractivity contribution in [1.29, 1.82) is 0 Å². The molecule has 0 heterocycles. The normalized spacial score (nSPS) is 22.4. The second-order valence-corrected chi connectivity index (χ2v) is 13.0. The second kappa shape index (κ2) is 14.7. The highest BCUT2D eigenvalue weighted by atomic mass is 19.4. The Morgan fingerprint density at radius 2 is 1.22 bits per heavy atom. The molecule has 0 atom stereocenters. The van der Waals surface area contributed by atoms with E-state index in [0.29, 0.717) is 35.8 Å². The minimum atomic E-state index is -5.06. The van der Waals surface area contributed by atoms with Crippen molar-refractivity contribution in [1.82, 2.24) is 0 Å². The van der Waals surface area contributed by atoms with E-state index in [1.54, 1.807) is 18.2 Å². The van der Waals surface area contributed by atoms with Gasteiger partial charge >= 0.3 is 12.5 Å². The minimum Gasteiger partial charge on any atom is -0.432 e. The summed E-state index contributed by atoms with van der Waals surface area (Å²) in [6, 6.07) is 12.7. The maximum atomic E-state index is 15.2. The van der Waals surface area contributed by atoms with Crippen molar-refractivity contribution in [3.8, 4) is 33.8 Å². The summed E-state index contributed by atoms with van der Waals surface area (Å²) < 4.78 is 106. The summed E-state index contributed by atoms with van der Waals surface area (Å²) >= 11 is 0. The maximum Gasteiger partial charge on any atom is 0.573 e. The maximum absolute atomic E-state index is 15.2. The highest BCUT2D eigenvalue weighted by Gasteiger charge is 2.45. The van der Waals surface area contributed by atoms with Crippen LogP contribution in [0.25, 0.3) is 22.3 Å². The summed E-state index contributed by atoms with van der Waals surface area (Å²) in [6.07, 6.45) is 4.36. The van der Waals surface area contributed by atoms with Gasteiger partial charge in [-0.3, -0.25) is 0 Å². The average molecular weight is 651 g/mol. The van der Waals surface area contributed by atoms with Crippen LogP contribution in [-0.2, 0) is 0 Å². The van der Waals surface area contributed by atoms with Crippen molar-refractivity contribution in [2.45, 2.75) is 96.4 Å². The van der Waals surface area contributed by atoms with E-state index in [4.69, 9.17) is 4.74 Å². The van der Waals surface area contributed by atoms with Crippen molar-refractivity contribution in [2.24, 2.45) is 23.7 Å². The summed E-state index contributed by atoms with van der Waals surface area (Å²) in [5, 5.41) is 0. The Kier molecular flexibility index (Phi) is 10.9. The molecule has 250 valence electrons. The minimum absolute atomic E-state index is 0.0194. The van der Waals surface area contributed by atoms with Crippen molar-refractivity contribution in [3.63, 3.8) is 0 Å². The van der Waals surface area contributed by atoms with Crippen LogP contribution < -0.4 is 9.47 Å². The van der Waals surface area contributed by atoms with Crippen molar-refractivity contribution < 1.29 is 40.2 Å². The lowest BCUT2D eigenvalue weighted by atomic mass is 9.68. The Bertz CT molecular complexity index is 1420. The van der Waals surface area contributed by atoms with E-state index in [1.807, 2.05) is 0 Å². The quantitative estimate of drug-likeness (QED) is 0.152. The lowest BCUT2D eigenvalue weighted by molar-refractivity contribution is -0.275. The lowest BCUT2D eigenvalue weighted by Gasteiger charge is -2.39. The van der Waals surface area contributed by atoms with Gasteiger partial charge in [0.05, 0.1) is 5.92 Å². The molecule has 0 N–H and O–H groups in total.